The van der Waals surface area contributed by atoms with Gasteiger partial charge in [0.05, 0.1) is 6.54 Å². The SMILES string of the molecule is Cc1cc(CNCC(=O)NC2CCCCC2)cc(C)c1F. The van der Waals surface area contributed by atoms with E-state index < -0.39 is 0 Å². The van der Waals surface area contributed by atoms with Gasteiger partial charge in [-0.3, -0.25) is 4.79 Å². The molecule has 0 heterocycles. The van der Waals surface area contributed by atoms with E-state index in [9.17, 15) is 9.18 Å². The van der Waals surface area contributed by atoms with Gasteiger partial charge in [-0.1, -0.05) is 31.4 Å². The van der Waals surface area contributed by atoms with Gasteiger partial charge in [-0.15, -0.1) is 0 Å². The summed E-state index contributed by atoms with van der Waals surface area (Å²) in [6.45, 7) is 4.43. The van der Waals surface area contributed by atoms with Crippen LogP contribution in [0.4, 0.5) is 4.39 Å². The molecule has 4 heteroatoms. The van der Waals surface area contributed by atoms with Crippen LogP contribution in [0.25, 0.3) is 0 Å². The van der Waals surface area contributed by atoms with Crippen LogP contribution in [0.2, 0.25) is 0 Å². The number of hydrogen-bond acceptors (Lipinski definition) is 2. The van der Waals surface area contributed by atoms with Gasteiger partial charge in [0, 0.05) is 12.6 Å². The third kappa shape index (κ3) is 4.81. The Labute approximate surface area is 126 Å². The lowest BCUT2D eigenvalue weighted by molar-refractivity contribution is -0.121. The van der Waals surface area contributed by atoms with Gasteiger partial charge in [-0.05, 0) is 43.4 Å². The summed E-state index contributed by atoms with van der Waals surface area (Å²) in [5.41, 5.74) is 2.31. The minimum absolute atomic E-state index is 0.0532. The summed E-state index contributed by atoms with van der Waals surface area (Å²) < 4.78 is 13.5. The highest BCUT2D eigenvalue weighted by molar-refractivity contribution is 5.78. The van der Waals surface area contributed by atoms with E-state index in [4.69, 9.17) is 0 Å². The van der Waals surface area contributed by atoms with Crippen LogP contribution in [-0.4, -0.2) is 18.5 Å². The van der Waals surface area contributed by atoms with Crippen molar-refractivity contribution in [3.05, 3.63) is 34.6 Å². The van der Waals surface area contributed by atoms with Crippen LogP contribution in [0.3, 0.4) is 0 Å². The average Bonchev–Trinajstić information content (AvgIpc) is 2.45. The zero-order chi connectivity index (χ0) is 15.2. The fourth-order valence-corrected chi connectivity index (χ4v) is 2.98. The van der Waals surface area contributed by atoms with Crippen molar-refractivity contribution in [1.29, 1.82) is 0 Å². The van der Waals surface area contributed by atoms with Crippen LogP contribution in [0, 0.1) is 19.7 Å². The molecule has 116 valence electrons. The number of nitrogens with one attached hydrogen (secondary N) is 2. The highest BCUT2D eigenvalue weighted by Crippen LogP contribution is 2.17. The molecule has 0 aliphatic heterocycles. The first-order valence-electron chi connectivity index (χ1n) is 7.82. The van der Waals surface area contributed by atoms with E-state index >= 15 is 0 Å². The van der Waals surface area contributed by atoms with E-state index in [1.54, 1.807) is 13.8 Å². The third-order valence-corrected chi connectivity index (χ3v) is 4.08. The Kier molecular flexibility index (Phi) is 5.74. The third-order valence-electron chi connectivity index (χ3n) is 4.08. The first kappa shape index (κ1) is 16.0. The van der Waals surface area contributed by atoms with Crippen molar-refractivity contribution in [2.24, 2.45) is 0 Å². The van der Waals surface area contributed by atoms with Crippen molar-refractivity contribution in [1.82, 2.24) is 10.6 Å². The summed E-state index contributed by atoms with van der Waals surface area (Å²) in [4.78, 5) is 11.9. The smallest absolute Gasteiger partial charge is 0.234 e. The molecule has 3 nitrogen and oxygen atoms in total. The number of benzene rings is 1. The summed E-state index contributed by atoms with van der Waals surface area (Å²) in [6, 6.07) is 4.01. The molecule has 2 N–H and O–H groups in total. The second-order valence-corrected chi connectivity index (χ2v) is 6.05. The molecular weight excluding hydrogens is 267 g/mol. The molecule has 1 aromatic carbocycles. The van der Waals surface area contributed by atoms with E-state index in [-0.39, 0.29) is 11.7 Å². The standard InChI is InChI=1S/C17H25FN2O/c1-12-8-14(9-13(2)17(12)18)10-19-11-16(21)20-15-6-4-3-5-7-15/h8-9,15,19H,3-7,10-11H2,1-2H3,(H,20,21). The van der Waals surface area contributed by atoms with Crippen LogP contribution in [0.5, 0.6) is 0 Å². The van der Waals surface area contributed by atoms with E-state index in [0.717, 1.165) is 18.4 Å². The summed E-state index contributed by atoms with van der Waals surface area (Å²) in [7, 11) is 0. The van der Waals surface area contributed by atoms with Crippen LogP contribution in [0.15, 0.2) is 12.1 Å². The number of amides is 1. The summed E-state index contributed by atoms with van der Waals surface area (Å²) in [5, 5.41) is 6.21. The quantitative estimate of drug-likeness (QED) is 0.876. The lowest BCUT2D eigenvalue weighted by Crippen LogP contribution is -2.41. The number of hydrogen-bond donors (Lipinski definition) is 2. The largest absolute Gasteiger partial charge is 0.352 e. The highest BCUT2D eigenvalue weighted by Gasteiger charge is 2.15. The molecular formula is C17H25FN2O. The van der Waals surface area contributed by atoms with Crippen LogP contribution < -0.4 is 10.6 Å². The Morgan fingerprint density at radius 1 is 1.19 bits per heavy atom. The Morgan fingerprint density at radius 2 is 1.81 bits per heavy atom. The summed E-state index contributed by atoms with van der Waals surface area (Å²) in [6.07, 6.45) is 5.91. The predicted molar refractivity (Wildman–Crippen MR) is 82.6 cm³/mol. The fourth-order valence-electron chi connectivity index (χ4n) is 2.98. The molecule has 21 heavy (non-hydrogen) atoms. The van der Waals surface area contributed by atoms with Gasteiger partial charge < -0.3 is 10.6 Å². The normalized spacial score (nSPS) is 16.0. The summed E-state index contributed by atoms with van der Waals surface area (Å²) >= 11 is 0. The lowest BCUT2D eigenvalue weighted by Gasteiger charge is -2.22. The van der Waals surface area contributed by atoms with Crippen molar-refractivity contribution in [3.8, 4) is 0 Å². The fraction of sp³-hybridized carbons (Fsp3) is 0.588. The van der Waals surface area contributed by atoms with Gasteiger partial charge in [0.1, 0.15) is 5.82 Å². The molecule has 1 amide bonds. The van der Waals surface area contributed by atoms with Gasteiger partial charge in [0.25, 0.3) is 0 Å². The van der Waals surface area contributed by atoms with Crippen molar-refractivity contribution in [3.63, 3.8) is 0 Å². The maximum absolute atomic E-state index is 13.5. The molecule has 1 aliphatic carbocycles. The molecule has 0 aromatic heterocycles. The number of rotatable bonds is 5. The Bertz CT molecular complexity index is 473. The maximum atomic E-state index is 13.5. The molecule has 0 saturated heterocycles. The maximum Gasteiger partial charge on any atom is 0.234 e. The molecule has 0 spiro atoms. The van der Waals surface area contributed by atoms with Gasteiger partial charge >= 0.3 is 0 Å². The Hall–Kier alpha value is -1.42. The average molecular weight is 292 g/mol. The first-order chi connectivity index (χ1) is 10.1. The lowest BCUT2D eigenvalue weighted by atomic mass is 9.95. The van der Waals surface area contributed by atoms with Gasteiger partial charge in [0.15, 0.2) is 0 Å². The number of carbonyl (C=O) groups excluding carboxylic acids is 1. The van der Waals surface area contributed by atoms with Crippen molar-refractivity contribution >= 4 is 5.91 Å². The minimum Gasteiger partial charge on any atom is -0.352 e. The Morgan fingerprint density at radius 3 is 2.43 bits per heavy atom. The number of aryl methyl sites for hydroxylation is 2. The molecule has 1 aliphatic rings. The number of carbonyl (C=O) groups is 1. The van der Waals surface area contributed by atoms with Crippen LogP contribution >= 0.6 is 0 Å². The van der Waals surface area contributed by atoms with Crippen molar-refractivity contribution < 1.29 is 9.18 Å². The van der Waals surface area contributed by atoms with E-state index in [1.165, 1.54) is 19.3 Å². The van der Waals surface area contributed by atoms with E-state index in [2.05, 4.69) is 10.6 Å². The van der Waals surface area contributed by atoms with Crippen molar-refractivity contribution in [2.75, 3.05) is 6.54 Å². The molecule has 1 aromatic rings. The molecule has 1 saturated carbocycles. The molecule has 1 fully saturated rings. The van der Waals surface area contributed by atoms with Crippen LogP contribution in [0.1, 0.15) is 48.8 Å². The van der Waals surface area contributed by atoms with Gasteiger partial charge in [-0.25, -0.2) is 4.39 Å². The van der Waals surface area contributed by atoms with E-state index in [0.29, 0.717) is 30.3 Å². The predicted octanol–water partition coefficient (Wildman–Crippen LogP) is 2.98. The topological polar surface area (TPSA) is 41.1 Å². The molecule has 0 atom stereocenters. The van der Waals surface area contributed by atoms with Gasteiger partial charge in [0.2, 0.25) is 5.91 Å². The second-order valence-electron chi connectivity index (χ2n) is 6.05. The molecule has 2 rings (SSSR count). The zero-order valence-electron chi connectivity index (χ0n) is 13.0. The second kappa shape index (κ2) is 7.55. The highest BCUT2D eigenvalue weighted by atomic mass is 19.1. The Balaban J connectivity index is 1.74. The van der Waals surface area contributed by atoms with Crippen LogP contribution in [-0.2, 0) is 11.3 Å². The first-order valence-corrected chi connectivity index (χ1v) is 7.82. The molecule has 0 radical (unpaired) electrons. The number of halogens is 1. The monoisotopic (exact) mass is 292 g/mol. The van der Waals surface area contributed by atoms with Gasteiger partial charge in [-0.2, -0.15) is 0 Å². The zero-order valence-corrected chi connectivity index (χ0v) is 13.0. The molecule has 0 bridgehead atoms. The minimum atomic E-state index is -0.145. The van der Waals surface area contributed by atoms with Crippen molar-refractivity contribution in [2.45, 2.75) is 58.5 Å². The summed E-state index contributed by atoms with van der Waals surface area (Å²) in [5.74, 6) is -0.0914. The molecule has 0 unspecified atom stereocenters. The van der Waals surface area contributed by atoms with E-state index in [1.807, 2.05) is 12.1 Å².